The quantitative estimate of drug-likeness (QED) is 0.916. The van der Waals surface area contributed by atoms with E-state index in [-0.39, 0.29) is 5.56 Å². The second kappa shape index (κ2) is 6.37. The zero-order valence-electron chi connectivity index (χ0n) is 11.6. The summed E-state index contributed by atoms with van der Waals surface area (Å²) in [7, 11) is 0. The van der Waals surface area contributed by atoms with Crippen molar-refractivity contribution in [2.24, 2.45) is 0 Å². The van der Waals surface area contributed by atoms with Crippen LogP contribution in [-0.2, 0) is 19.4 Å². The minimum Gasteiger partial charge on any atom is -0.388 e. The maximum absolute atomic E-state index is 13.7. The summed E-state index contributed by atoms with van der Waals surface area (Å²) < 4.78 is 15.6. The number of aliphatic hydroxyl groups is 1. The van der Waals surface area contributed by atoms with Crippen LogP contribution < -0.4 is 0 Å². The van der Waals surface area contributed by atoms with E-state index in [4.69, 9.17) is 11.6 Å². The van der Waals surface area contributed by atoms with E-state index >= 15 is 0 Å². The molecule has 1 atom stereocenters. The highest BCUT2D eigenvalue weighted by Gasteiger charge is 2.17. The van der Waals surface area contributed by atoms with Gasteiger partial charge in [0.2, 0.25) is 0 Å². The third kappa shape index (κ3) is 3.19. The van der Waals surface area contributed by atoms with Crippen molar-refractivity contribution in [2.45, 2.75) is 39.3 Å². The number of hydrogen-bond donors (Lipinski definition) is 1. The van der Waals surface area contributed by atoms with Gasteiger partial charge in [-0.3, -0.25) is 4.68 Å². The molecule has 5 heteroatoms. The maximum atomic E-state index is 13.7. The molecule has 0 aliphatic rings. The van der Waals surface area contributed by atoms with Crippen LogP contribution in [0.1, 0.15) is 36.9 Å². The van der Waals surface area contributed by atoms with Crippen molar-refractivity contribution < 1.29 is 9.50 Å². The summed E-state index contributed by atoms with van der Waals surface area (Å²) in [6, 6.07) is 6.16. The van der Waals surface area contributed by atoms with Gasteiger partial charge in [-0.1, -0.05) is 18.5 Å². The van der Waals surface area contributed by atoms with Crippen molar-refractivity contribution in [1.82, 2.24) is 9.78 Å². The lowest BCUT2D eigenvalue weighted by Crippen LogP contribution is -2.09. The summed E-state index contributed by atoms with van der Waals surface area (Å²) in [6.45, 7) is 4.74. The van der Waals surface area contributed by atoms with Gasteiger partial charge in [-0.15, -0.1) is 0 Å². The second-order valence-corrected chi connectivity index (χ2v) is 5.12. The first-order valence-electron chi connectivity index (χ1n) is 6.73. The van der Waals surface area contributed by atoms with E-state index < -0.39 is 11.9 Å². The smallest absolute Gasteiger partial charge is 0.129 e. The Labute approximate surface area is 123 Å². The minimum atomic E-state index is -0.930. The normalized spacial score (nSPS) is 12.7. The largest absolute Gasteiger partial charge is 0.388 e. The van der Waals surface area contributed by atoms with Crippen molar-refractivity contribution in [3.63, 3.8) is 0 Å². The predicted molar refractivity (Wildman–Crippen MR) is 77.4 cm³/mol. The van der Waals surface area contributed by atoms with Crippen molar-refractivity contribution in [2.75, 3.05) is 0 Å². The van der Waals surface area contributed by atoms with E-state index in [1.54, 1.807) is 0 Å². The van der Waals surface area contributed by atoms with Crippen LogP contribution in [-0.4, -0.2) is 14.9 Å². The molecule has 2 rings (SSSR count). The van der Waals surface area contributed by atoms with Crippen LogP contribution in [0.5, 0.6) is 0 Å². The molecule has 1 aromatic carbocycles. The van der Waals surface area contributed by atoms with Crippen molar-refractivity contribution in [3.05, 3.63) is 52.1 Å². The van der Waals surface area contributed by atoms with Gasteiger partial charge in [0.1, 0.15) is 5.82 Å². The zero-order chi connectivity index (χ0) is 14.7. The van der Waals surface area contributed by atoms with E-state index in [9.17, 15) is 9.50 Å². The Morgan fingerprint density at radius 2 is 2.10 bits per heavy atom. The van der Waals surface area contributed by atoms with Crippen LogP contribution >= 0.6 is 11.6 Å². The van der Waals surface area contributed by atoms with Gasteiger partial charge in [0.15, 0.2) is 0 Å². The fourth-order valence-corrected chi connectivity index (χ4v) is 2.38. The van der Waals surface area contributed by atoms with Gasteiger partial charge in [-0.2, -0.15) is 5.10 Å². The first-order chi connectivity index (χ1) is 9.55. The van der Waals surface area contributed by atoms with Crippen LogP contribution in [0, 0.1) is 5.82 Å². The highest BCUT2D eigenvalue weighted by molar-refractivity contribution is 6.30. The topological polar surface area (TPSA) is 38.0 Å². The van der Waals surface area contributed by atoms with Crippen molar-refractivity contribution >= 4 is 11.6 Å². The Morgan fingerprint density at radius 3 is 2.75 bits per heavy atom. The molecule has 0 saturated heterocycles. The number of aryl methyl sites for hydroxylation is 2. The minimum absolute atomic E-state index is 0.222. The van der Waals surface area contributed by atoms with Gasteiger partial charge in [0.25, 0.3) is 0 Å². The fourth-order valence-electron chi connectivity index (χ4n) is 2.20. The summed E-state index contributed by atoms with van der Waals surface area (Å²) >= 11 is 5.85. The lowest BCUT2D eigenvalue weighted by Gasteiger charge is -2.13. The molecule has 1 N–H and O–H groups in total. The molecular weight excluding hydrogens is 279 g/mol. The van der Waals surface area contributed by atoms with Gasteiger partial charge in [-0.05, 0) is 37.6 Å². The van der Waals surface area contributed by atoms with Crippen LogP contribution in [0.3, 0.4) is 0 Å². The number of benzene rings is 1. The molecule has 20 heavy (non-hydrogen) atoms. The zero-order valence-corrected chi connectivity index (χ0v) is 12.4. The number of nitrogens with zero attached hydrogens (tertiary/aromatic N) is 2. The molecule has 0 amide bonds. The molecule has 1 unspecified atom stereocenters. The maximum Gasteiger partial charge on any atom is 0.129 e. The van der Waals surface area contributed by atoms with Gasteiger partial charge < -0.3 is 5.11 Å². The molecule has 1 heterocycles. The van der Waals surface area contributed by atoms with Crippen molar-refractivity contribution in [1.29, 1.82) is 0 Å². The van der Waals surface area contributed by atoms with Gasteiger partial charge in [0, 0.05) is 29.2 Å². The van der Waals surface area contributed by atoms with E-state index in [1.807, 2.05) is 24.6 Å². The molecule has 0 saturated carbocycles. The lowest BCUT2D eigenvalue weighted by atomic mass is 10.0. The van der Waals surface area contributed by atoms with E-state index in [1.165, 1.54) is 18.2 Å². The monoisotopic (exact) mass is 296 g/mol. The van der Waals surface area contributed by atoms with Gasteiger partial charge in [0.05, 0.1) is 11.8 Å². The number of aromatic nitrogens is 2. The van der Waals surface area contributed by atoms with Crippen molar-refractivity contribution in [3.8, 4) is 0 Å². The number of rotatable bonds is 5. The molecule has 0 aliphatic carbocycles. The molecule has 0 bridgehead atoms. The number of hydrogen-bond acceptors (Lipinski definition) is 2. The Hall–Kier alpha value is -1.39. The number of halogens is 2. The summed E-state index contributed by atoms with van der Waals surface area (Å²) in [4.78, 5) is 0. The van der Waals surface area contributed by atoms with Gasteiger partial charge in [-0.25, -0.2) is 4.39 Å². The molecule has 0 spiro atoms. The third-order valence-corrected chi connectivity index (χ3v) is 3.53. The number of aliphatic hydroxyl groups excluding tert-OH is 1. The Balaban J connectivity index is 2.24. The fraction of sp³-hybridized carbons (Fsp3) is 0.400. The van der Waals surface area contributed by atoms with E-state index in [0.29, 0.717) is 11.4 Å². The molecule has 0 fully saturated rings. The lowest BCUT2D eigenvalue weighted by molar-refractivity contribution is 0.170. The highest BCUT2D eigenvalue weighted by Crippen LogP contribution is 2.24. The molecule has 0 radical (unpaired) electrons. The Morgan fingerprint density at radius 1 is 1.35 bits per heavy atom. The molecular formula is C15H18ClFN2O. The van der Waals surface area contributed by atoms with E-state index in [0.717, 1.165) is 24.4 Å². The summed E-state index contributed by atoms with van der Waals surface area (Å²) in [5.74, 6) is -0.444. The predicted octanol–water partition coefficient (Wildman–Crippen LogP) is 3.53. The van der Waals surface area contributed by atoms with Crippen LogP contribution in [0.4, 0.5) is 4.39 Å². The molecule has 0 aliphatic heterocycles. The summed E-state index contributed by atoms with van der Waals surface area (Å²) in [5.41, 5.74) is 2.09. The van der Waals surface area contributed by atoms with Gasteiger partial charge >= 0.3 is 0 Å². The average molecular weight is 297 g/mol. The summed E-state index contributed by atoms with van der Waals surface area (Å²) in [5, 5.41) is 15.1. The van der Waals surface area contributed by atoms with E-state index in [2.05, 4.69) is 5.10 Å². The van der Waals surface area contributed by atoms with Crippen LogP contribution in [0.2, 0.25) is 5.02 Å². The van der Waals surface area contributed by atoms with Crippen LogP contribution in [0.25, 0.3) is 0 Å². The first-order valence-corrected chi connectivity index (χ1v) is 7.11. The highest BCUT2D eigenvalue weighted by atomic mass is 35.5. The molecule has 3 nitrogen and oxygen atoms in total. The second-order valence-electron chi connectivity index (χ2n) is 4.68. The molecule has 108 valence electrons. The Kier molecular flexibility index (Phi) is 4.78. The van der Waals surface area contributed by atoms with Crippen LogP contribution in [0.15, 0.2) is 24.3 Å². The third-order valence-electron chi connectivity index (χ3n) is 3.30. The SMILES string of the molecule is CCc1cc(CC(O)c2cc(Cl)ccc2F)n(CC)n1. The first kappa shape index (κ1) is 15.0. The average Bonchev–Trinajstić information content (AvgIpc) is 2.83. The standard InChI is InChI=1S/C15H18ClFN2O/c1-3-11-8-12(19(4-2)18-11)9-15(20)13-7-10(16)5-6-14(13)17/h5-8,15,20H,3-4,9H2,1-2H3. The Bertz CT molecular complexity index is 598. The summed E-state index contributed by atoms with van der Waals surface area (Å²) in [6.07, 6.45) is 0.222. The molecule has 2 aromatic rings. The molecule has 1 aromatic heterocycles.